The summed E-state index contributed by atoms with van der Waals surface area (Å²) in [7, 11) is 1.89. The molecule has 0 fully saturated rings. The fourth-order valence-electron chi connectivity index (χ4n) is 2.77. The molecule has 1 atom stereocenters. The molecule has 132 valence electrons. The molecule has 2 aromatic carbocycles. The van der Waals surface area contributed by atoms with E-state index < -0.39 is 12.1 Å². The number of nitrogens with zero attached hydrogens (tertiary/aromatic N) is 1. The van der Waals surface area contributed by atoms with Crippen LogP contribution in [0.4, 0.5) is 4.79 Å². The Balaban J connectivity index is 2.23. The number of likely N-dealkylation sites (N-methyl/N-ethyl adjacent to an activating group) is 1. The lowest BCUT2D eigenvalue weighted by molar-refractivity contribution is -0.125. The Labute approximate surface area is 149 Å². The minimum Gasteiger partial charge on any atom is -0.338 e. The van der Waals surface area contributed by atoms with Crippen molar-refractivity contribution in [3.8, 4) is 0 Å². The van der Waals surface area contributed by atoms with Crippen molar-refractivity contribution < 1.29 is 9.59 Å². The van der Waals surface area contributed by atoms with Gasteiger partial charge in [0.2, 0.25) is 5.91 Å². The first-order valence-electron chi connectivity index (χ1n) is 8.41. The second kappa shape index (κ2) is 8.99. The number of amides is 3. The first kappa shape index (κ1) is 18.7. The maximum Gasteiger partial charge on any atom is 0.321 e. The first-order valence-corrected chi connectivity index (χ1v) is 8.41. The summed E-state index contributed by atoms with van der Waals surface area (Å²) >= 11 is 0. The van der Waals surface area contributed by atoms with E-state index >= 15 is 0 Å². The van der Waals surface area contributed by atoms with Gasteiger partial charge in [-0.1, -0.05) is 54.6 Å². The molecule has 0 aliphatic carbocycles. The number of hydrogen-bond donors (Lipinski definition) is 2. The van der Waals surface area contributed by atoms with Gasteiger partial charge in [-0.05, 0) is 37.6 Å². The summed E-state index contributed by atoms with van der Waals surface area (Å²) in [5, 5.41) is 5.02. The van der Waals surface area contributed by atoms with E-state index in [2.05, 4.69) is 29.7 Å². The maximum atomic E-state index is 12.7. The number of imide groups is 1. The van der Waals surface area contributed by atoms with Crippen molar-refractivity contribution in [3.05, 3.63) is 71.3 Å². The number of nitrogens with one attached hydrogen (secondary N) is 2. The van der Waals surface area contributed by atoms with Gasteiger partial charge in [-0.15, -0.1) is 0 Å². The number of aryl methyl sites for hydroxylation is 1. The van der Waals surface area contributed by atoms with Crippen molar-refractivity contribution >= 4 is 11.9 Å². The average molecular weight is 339 g/mol. The van der Waals surface area contributed by atoms with Gasteiger partial charge in [0, 0.05) is 13.1 Å². The molecule has 2 N–H and O–H groups in total. The molecule has 2 aromatic rings. The minimum atomic E-state index is -0.552. The van der Waals surface area contributed by atoms with Crippen LogP contribution in [0.15, 0.2) is 54.6 Å². The van der Waals surface area contributed by atoms with E-state index in [0.717, 1.165) is 11.1 Å². The van der Waals surface area contributed by atoms with Crippen LogP contribution in [0.1, 0.15) is 29.7 Å². The van der Waals surface area contributed by atoms with E-state index in [-0.39, 0.29) is 5.91 Å². The molecular weight excluding hydrogens is 314 g/mol. The molecule has 0 saturated heterocycles. The summed E-state index contributed by atoms with van der Waals surface area (Å²) in [5.74, 6) is -0.340. The van der Waals surface area contributed by atoms with Crippen LogP contribution < -0.4 is 10.6 Å². The molecule has 0 bridgehead atoms. The molecule has 0 heterocycles. The smallest absolute Gasteiger partial charge is 0.321 e. The van der Waals surface area contributed by atoms with Crippen molar-refractivity contribution in [3.63, 3.8) is 0 Å². The van der Waals surface area contributed by atoms with Crippen LogP contribution in [0.25, 0.3) is 0 Å². The number of benzene rings is 2. The number of hydrogen-bond acceptors (Lipinski definition) is 3. The van der Waals surface area contributed by atoms with Crippen LogP contribution in [0.5, 0.6) is 0 Å². The quantitative estimate of drug-likeness (QED) is 0.850. The summed E-state index contributed by atoms with van der Waals surface area (Å²) in [6.45, 7) is 4.93. The number of carbonyl (C=O) groups is 2. The Hall–Kier alpha value is -2.66. The van der Waals surface area contributed by atoms with E-state index in [9.17, 15) is 9.59 Å². The molecule has 0 radical (unpaired) electrons. The fourth-order valence-corrected chi connectivity index (χ4v) is 2.77. The van der Waals surface area contributed by atoms with Crippen LogP contribution in [0, 0.1) is 6.92 Å². The van der Waals surface area contributed by atoms with Crippen LogP contribution in [0.2, 0.25) is 0 Å². The molecule has 5 heteroatoms. The highest BCUT2D eigenvalue weighted by atomic mass is 16.2. The SMILES string of the molecule is CCNC(=O)NC(=O)C(c1ccccc1)N(C)Cc1ccccc1C. The highest BCUT2D eigenvalue weighted by Gasteiger charge is 2.26. The third-order valence-electron chi connectivity index (χ3n) is 4.06. The van der Waals surface area contributed by atoms with Gasteiger partial charge >= 0.3 is 6.03 Å². The predicted octanol–water partition coefficient (Wildman–Crippen LogP) is 3.01. The van der Waals surface area contributed by atoms with E-state index in [1.807, 2.05) is 61.3 Å². The molecule has 3 amide bonds. The van der Waals surface area contributed by atoms with Crippen molar-refractivity contribution in [1.82, 2.24) is 15.5 Å². The van der Waals surface area contributed by atoms with E-state index in [1.165, 1.54) is 5.56 Å². The third kappa shape index (κ3) is 5.16. The van der Waals surface area contributed by atoms with Gasteiger partial charge in [-0.3, -0.25) is 15.0 Å². The fraction of sp³-hybridized carbons (Fsp3) is 0.300. The third-order valence-corrected chi connectivity index (χ3v) is 4.06. The summed E-state index contributed by atoms with van der Waals surface area (Å²) < 4.78 is 0. The van der Waals surface area contributed by atoms with Crippen molar-refractivity contribution in [2.24, 2.45) is 0 Å². The zero-order valence-electron chi connectivity index (χ0n) is 15.0. The maximum absolute atomic E-state index is 12.7. The van der Waals surface area contributed by atoms with Gasteiger partial charge in [0.05, 0.1) is 0 Å². The van der Waals surface area contributed by atoms with Gasteiger partial charge in [-0.25, -0.2) is 4.79 Å². The second-order valence-electron chi connectivity index (χ2n) is 6.00. The summed E-state index contributed by atoms with van der Waals surface area (Å²) in [5.41, 5.74) is 3.17. The molecule has 1 unspecified atom stereocenters. The van der Waals surface area contributed by atoms with Crippen molar-refractivity contribution in [2.45, 2.75) is 26.4 Å². The topological polar surface area (TPSA) is 61.4 Å². The van der Waals surface area contributed by atoms with E-state index in [4.69, 9.17) is 0 Å². The summed E-state index contributed by atoms with van der Waals surface area (Å²) in [6, 6.07) is 16.5. The zero-order chi connectivity index (χ0) is 18.2. The first-order chi connectivity index (χ1) is 12.0. The highest BCUT2D eigenvalue weighted by molar-refractivity contribution is 5.97. The minimum absolute atomic E-state index is 0.340. The molecule has 0 aliphatic heterocycles. The highest BCUT2D eigenvalue weighted by Crippen LogP contribution is 2.22. The molecule has 0 spiro atoms. The van der Waals surface area contributed by atoms with Crippen LogP contribution >= 0.6 is 0 Å². The average Bonchev–Trinajstić information content (AvgIpc) is 2.58. The monoisotopic (exact) mass is 339 g/mol. The largest absolute Gasteiger partial charge is 0.338 e. The number of carbonyl (C=O) groups excluding carboxylic acids is 2. The van der Waals surface area contributed by atoms with Crippen molar-refractivity contribution in [1.29, 1.82) is 0 Å². The van der Waals surface area contributed by atoms with Crippen LogP contribution in [0.3, 0.4) is 0 Å². The van der Waals surface area contributed by atoms with Gasteiger partial charge in [0.15, 0.2) is 0 Å². The van der Waals surface area contributed by atoms with Crippen LogP contribution in [-0.4, -0.2) is 30.4 Å². The zero-order valence-corrected chi connectivity index (χ0v) is 15.0. The Bertz CT molecular complexity index is 716. The predicted molar refractivity (Wildman–Crippen MR) is 99.0 cm³/mol. The summed E-state index contributed by atoms with van der Waals surface area (Å²) in [4.78, 5) is 26.4. The second-order valence-corrected chi connectivity index (χ2v) is 6.00. The Morgan fingerprint density at radius 1 is 1.04 bits per heavy atom. The van der Waals surface area contributed by atoms with E-state index in [0.29, 0.717) is 13.1 Å². The van der Waals surface area contributed by atoms with Crippen molar-refractivity contribution in [2.75, 3.05) is 13.6 Å². The molecular formula is C20H25N3O2. The molecule has 0 saturated carbocycles. The van der Waals surface area contributed by atoms with E-state index in [1.54, 1.807) is 0 Å². The lowest BCUT2D eigenvalue weighted by Gasteiger charge is -2.28. The van der Waals surface area contributed by atoms with Gasteiger partial charge in [0.25, 0.3) is 0 Å². The molecule has 25 heavy (non-hydrogen) atoms. The lowest BCUT2D eigenvalue weighted by Crippen LogP contribution is -2.45. The van der Waals surface area contributed by atoms with Gasteiger partial charge < -0.3 is 5.32 Å². The molecule has 5 nitrogen and oxygen atoms in total. The van der Waals surface area contributed by atoms with Gasteiger partial charge in [0.1, 0.15) is 6.04 Å². The molecule has 0 aromatic heterocycles. The Kier molecular flexibility index (Phi) is 6.71. The normalized spacial score (nSPS) is 11.8. The standard InChI is InChI=1S/C20H25N3O2/c1-4-21-20(25)22-19(24)18(16-11-6-5-7-12-16)23(3)14-17-13-9-8-10-15(17)2/h5-13,18H,4,14H2,1-3H3,(H2,21,22,24,25). The Morgan fingerprint density at radius 3 is 2.32 bits per heavy atom. The number of urea groups is 1. The van der Waals surface area contributed by atoms with Crippen LogP contribution in [-0.2, 0) is 11.3 Å². The summed E-state index contributed by atoms with van der Waals surface area (Å²) in [6.07, 6.45) is 0. The Morgan fingerprint density at radius 2 is 1.68 bits per heavy atom. The molecule has 2 rings (SSSR count). The molecule has 0 aliphatic rings. The number of rotatable bonds is 6. The lowest BCUT2D eigenvalue weighted by atomic mass is 10.0. The van der Waals surface area contributed by atoms with Gasteiger partial charge in [-0.2, -0.15) is 0 Å².